The third kappa shape index (κ3) is 7.27. The van der Waals surface area contributed by atoms with Crippen LogP contribution in [0.15, 0.2) is 96.2 Å². The predicted octanol–water partition coefficient (Wildman–Crippen LogP) is 3.13. The number of nitrogens with zero attached hydrogens (tertiary/aromatic N) is 1. The number of nitrogens with one attached hydrogen (secondary N) is 1. The zero-order valence-electron chi connectivity index (χ0n) is 35.1. The predicted molar refractivity (Wildman–Crippen MR) is 215 cm³/mol. The summed E-state index contributed by atoms with van der Waals surface area (Å²) in [6.45, 7) is 7.92. The Morgan fingerprint density at radius 3 is 2.06 bits per heavy atom. The van der Waals surface area contributed by atoms with Gasteiger partial charge in [-0.2, -0.15) is 0 Å². The summed E-state index contributed by atoms with van der Waals surface area (Å²) in [4.78, 5) is 87.6. The Hall–Kier alpha value is -5.81. The number of aliphatic hydroxyl groups excluding tert-OH is 2. The van der Waals surface area contributed by atoms with Crippen molar-refractivity contribution in [3.63, 3.8) is 0 Å². The zero-order chi connectivity index (χ0) is 44.9. The molecule has 2 aromatic carbocycles. The molecule has 2 saturated carbocycles. The number of ketones is 1. The van der Waals surface area contributed by atoms with E-state index in [0.29, 0.717) is 0 Å². The largest absolute Gasteiger partial charge is 0.456 e. The van der Waals surface area contributed by atoms with E-state index >= 15 is 4.79 Å². The fraction of sp³-hybridized carbons (Fsp3) is 0.457. The Labute approximate surface area is 357 Å². The van der Waals surface area contributed by atoms with Crippen molar-refractivity contribution in [1.82, 2.24) is 10.3 Å². The number of carbonyl (C=O) groups is 6. The number of amides is 1. The summed E-state index contributed by atoms with van der Waals surface area (Å²) < 4.78 is 30.2. The number of fused-ring (bicyclic) bond motifs is 5. The van der Waals surface area contributed by atoms with Gasteiger partial charge in [0.2, 0.25) is 0 Å². The molecule has 62 heavy (non-hydrogen) atoms. The van der Waals surface area contributed by atoms with E-state index in [1.165, 1.54) is 38.2 Å². The van der Waals surface area contributed by atoms with Gasteiger partial charge in [-0.3, -0.25) is 24.2 Å². The number of esters is 4. The van der Waals surface area contributed by atoms with Gasteiger partial charge in [-0.05, 0) is 61.4 Å². The van der Waals surface area contributed by atoms with Gasteiger partial charge in [0.05, 0.1) is 35.3 Å². The van der Waals surface area contributed by atoms with Gasteiger partial charge in [-0.15, -0.1) is 0 Å². The van der Waals surface area contributed by atoms with Crippen LogP contribution in [-0.2, 0) is 42.9 Å². The maximum atomic E-state index is 15.5. The molecule has 2 heterocycles. The second-order valence-corrected chi connectivity index (χ2v) is 17.2. The minimum absolute atomic E-state index is 0.0152. The molecule has 4 aliphatic rings. The van der Waals surface area contributed by atoms with E-state index in [0.717, 1.165) is 13.8 Å². The van der Waals surface area contributed by atoms with Crippen molar-refractivity contribution in [3.05, 3.63) is 113 Å². The molecule has 0 unspecified atom stereocenters. The van der Waals surface area contributed by atoms with Crippen molar-refractivity contribution in [2.75, 3.05) is 6.61 Å². The number of aliphatic hydroxyl groups is 3. The Balaban J connectivity index is 1.39. The van der Waals surface area contributed by atoms with Crippen LogP contribution in [0.5, 0.6) is 0 Å². The van der Waals surface area contributed by atoms with Crippen molar-refractivity contribution in [2.45, 2.75) is 108 Å². The van der Waals surface area contributed by atoms with E-state index in [-0.39, 0.29) is 41.0 Å². The number of rotatable bonds is 10. The summed E-state index contributed by atoms with van der Waals surface area (Å²) in [6.07, 6.45) is -9.23. The lowest BCUT2D eigenvalue weighted by atomic mass is 9.44. The van der Waals surface area contributed by atoms with Gasteiger partial charge in [0, 0.05) is 43.9 Å². The number of carbonyl (C=O) groups excluding carboxylic acids is 6. The van der Waals surface area contributed by atoms with Crippen molar-refractivity contribution >= 4 is 35.6 Å². The van der Waals surface area contributed by atoms with Crippen LogP contribution >= 0.6 is 0 Å². The van der Waals surface area contributed by atoms with Crippen LogP contribution in [0.3, 0.4) is 0 Å². The number of pyridine rings is 1. The van der Waals surface area contributed by atoms with E-state index in [2.05, 4.69) is 10.3 Å². The average molecular weight is 855 g/mol. The maximum Gasteiger partial charge on any atom is 0.338 e. The van der Waals surface area contributed by atoms with E-state index in [9.17, 15) is 39.3 Å². The highest BCUT2D eigenvalue weighted by molar-refractivity contribution is 5.96. The highest BCUT2D eigenvalue weighted by atomic mass is 16.6. The molecule has 1 aromatic heterocycles. The molecular weight excluding hydrogens is 805 g/mol. The molecule has 3 fully saturated rings. The van der Waals surface area contributed by atoms with E-state index in [1.54, 1.807) is 74.5 Å². The van der Waals surface area contributed by atoms with Gasteiger partial charge in [0.25, 0.3) is 5.91 Å². The van der Waals surface area contributed by atoms with Gasteiger partial charge in [-0.25, -0.2) is 9.59 Å². The molecule has 1 amide bonds. The monoisotopic (exact) mass is 854 g/mol. The summed E-state index contributed by atoms with van der Waals surface area (Å²) in [5.74, 6) is -6.96. The van der Waals surface area contributed by atoms with E-state index < -0.39 is 113 Å². The molecule has 3 aromatic rings. The minimum Gasteiger partial charge on any atom is -0.456 e. The van der Waals surface area contributed by atoms with Crippen LogP contribution in [0.1, 0.15) is 86.8 Å². The lowest BCUT2D eigenvalue weighted by Crippen LogP contribution is -2.82. The lowest BCUT2D eigenvalue weighted by molar-refractivity contribution is -0.346. The van der Waals surface area contributed by atoms with Gasteiger partial charge < -0.3 is 44.3 Å². The standard InChI is InChI=1S/C46H50N2O14/c1-24-30(60-42(56)35(52)34(29-19-13-14-20-47-29)48-40(54)27-15-9-7-10-16-27)22-46(57)39(61-41(55)28-17-11-8-12-18-28)37-44(6,31(51)21-32-45(37,23-58-32)62-26(3)50)38(53)36(59-25(2)49)33(24)43(46,4)5/h7-20,30-32,34-37,39,51-52,57H,21-23H2,1-6H3,(H,48,54)/t30-,31-,32+,34-,35+,36+,37-,39-,44+,45-,46+/m0/s1. The van der Waals surface area contributed by atoms with Crippen molar-refractivity contribution < 1.29 is 67.8 Å². The summed E-state index contributed by atoms with van der Waals surface area (Å²) in [5.41, 5.74) is -7.37. The number of benzene rings is 2. The van der Waals surface area contributed by atoms with Gasteiger partial charge in [0.1, 0.15) is 30.0 Å². The first kappa shape index (κ1) is 44.3. The quantitative estimate of drug-likeness (QED) is 0.130. The smallest absolute Gasteiger partial charge is 0.338 e. The highest BCUT2D eigenvalue weighted by Crippen LogP contribution is 2.64. The molecule has 1 aliphatic heterocycles. The summed E-state index contributed by atoms with van der Waals surface area (Å²) in [5, 5.41) is 40.1. The third-order valence-corrected chi connectivity index (χ3v) is 13.3. The van der Waals surface area contributed by atoms with Crippen molar-refractivity contribution in [2.24, 2.45) is 16.7 Å². The van der Waals surface area contributed by atoms with Gasteiger partial charge in [0.15, 0.2) is 23.6 Å². The molecule has 2 bridgehead atoms. The number of hydrogen-bond donors (Lipinski definition) is 4. The third-order valence-electron chi connectivity index (χ3n) is 13.3. The average Bonchev–Trinajstić information content (AvgIpc) is 3.24. The Morgan fingerprint density at radius 1 is 0.871 bits per heavy atom. The molecule has 1 saturated heterocycles. The molecule has 328 valence electrons. The zero-order valence-corrected chi connectivity index (χ0v) is 35.1. The van der Waals surface area contributed by atoms with Crippen LogP contribution in [0.25, 0.3) is 0 Å². The first-order valence-electron chi connectivity index (χ1n) is 20.3. The fourth-order valence-corrected chi connectivity index (χ4v) is 10.1. The molecule has 4 N–H and O–H groups in total. The molecule has 11 atom stereocenters. The fourth-order valence-electron chi connectivity index (χ4n) is 10.1. The van der Waals surface area contributed by atoms with Crippen LogP contribution in [0, 0.1) is 16.7 Å². The summed E-state index contributed by atoms with van der Waals surface area (Å²) in [7, 11) is 0. The first-order valence-corrected chi connectivity index (χ1v) is 20.3. The number of hydrogen-bond acceptors (Lipinski definition) is 15. The van der Waals surface area contributed by atoms with Crippen molar-refractivity contribution in [3.8, 4) is 0 Å². The van der Waals surface area contributed by atoms with E-state index in [4.69, 9.17) is 23.7 Å². The number of Topliss-reactive ketones (excluding diaryl/α,β-unsaturated/α-hetero) is 1. The summed E-state index contributed by atoms with van der Waals surface area (Å²) >= 11 is 0. The topological polar surface area (TPSA) is 234 Å². The Morgan fingerprint density at radius 2 is 1.50 bits per heavy atom. The SMILES string of the molecule is CC(=O)O[C@H]1C(=O)[C@@]2(C)[C@H]([C@H](OC(=O)c3ccccc3)[C@]3(O)C[C@H](OC(=O)[C@H](O)[C@@H](NC(=O)c4ccccc4)c4ccccn4)C(C)=C1C3(C)C)[C@]1(OC(C)=O)CO[C@@H]1C[C@@H]2O. The second kappa shape index (κ2) is 16.5. The van der Waals surface area contributed by atoms with Crippen LogP contribution in [0.2, 0.25) is 0 Å². The van der Waals surface area contributed by atoms with Crippen molar-refractivity contribution in [1.29, 1.82) is 0 Å². The van der Waals surface area contributed by atoms with E-state index in [1.807, 2.05) is 0 Å². The second-order valence-electron chi connectivity index (χ2n) is 17.2. The number of aromatic nitrogens is 1. The molecule has 16 heteroatoms. The normalized spacial score (nSPS) is 31.9. The van der Waals surface area contributed by atoms with Gasteiger partial charge in [-0.1, -0.05) is 56.3 Å². The van der Waals surface area contributed by atoms with Crippen LogP contribution in [-0.4, -0.2) is 110 Å². The van der Waals surface area contributed by atoms with Crippen LogP contribution < -0.4 is 5.32 Å². The minimum atomic E-state index is -2.40. The Bertz CT molecular complexity index is 2290. The van der Waals surface area contributed by atoms with Gasteiger partial charge >= 0.3 is 23.9 Å². The molecule has 7 rings (SSSR count). The molecule has 3 aliphatic carbocycles. The Kier molecular flexibility index (Phi) is 11.8. The van der Waals surface area contributed by atoms with Crippen LogP contribution in [0.4, 0.5) is 0 Å². The number of ether oxygens (including phenoxy) is 5. The molecular formula is C46H50N2O14. The summed E-state index contributed by atoms with van der Waals surface area (Å²) in [6, 6.07) is 19.2. The molecule has 16 nitrogen and oxygen atoms in total. The maximum absolute atomic E-state index is 15.5. The lowest BCUT2D eigenvalue weighted by Gasteiger charge is -2.67. The first-order chi connectivity index (χ1) is 29.3. The highest BCUT2D eigenvalue weighted by Gasteiger charge is 2.78. The molecule has 0 radical (unpaired) electrons. The molecule has 0 spiro atoms.